The van der Waals surface area contributed by atoms with E-state index in [0.29, 0.717) is 22.8 Å². The van der Waals surface area contributed by atoms with Gasteiger partial charge in [-0.3, -0.25) is 4.79 Å². The van der Waals surface area contributed by atoms with Gasteiger partial charge in [-0.25, -0.2) is 14.6 Å². The molecule has 2 aromatic heterocycles. The molecule has 0 aliphatic heterocycles. The van der Waals surface area contributed by atoms with E-state index < -0.39 is 17.8 Å². The summed E-state index contributed by atoms with van der Waals surface area (Å²) in [6.07, 6.45) is 1.60. The molecule has 8 nitrogen and oxygen atoms in total. The van der Waals surface area contributed by atoms with Crippen LogP contribution in [-0.4, -0.2) is 36.0 Å². The van der Waals surface area contributed by atoms with E-state index in [4.69, 9.17) is 14.2 Å². The average Bonchev–Trinajstić information content (AvgIpc) is 3.11. The molecule has 0 aliphatic carbocycles. The summed E-state index contributed by atoms with van der Waals surface area (Å²) in [6, 6.07) is 11.8. The summed E-state index contributed by atoms with van der Waals surface area (Å²) in [7, 11) is 0. The van der Waals surface area contributed by atoms with Crippen molar-refractivity contribution in [2.24, 2.45) is 0 Å². The lowest BCUT2D eigenvalue weighted by atomic mass is 10.1. The van der Waals surface area contributed by atoms with Crippen LogP contribution in [0, 0.1) is 6.92 Å². The molecule has 1 amide bonds. The van der Waals surface area contributed by atoms with Crippen molar-refractivity contribution in [1.29, 1.82) is 0 Å². The van der Waals surface area contributed by atoms with Crippen LogP contribution >= 0.6 is 11.3 Å². The standard InChI is InChI=1S/C23H22N2O6S/c1-4-29-22(27)18-14(3)19(23(28)30-5-2)32-21(18)25-20(26)15-9-8-10-16(13-15)31-17-11-6-7-12-24-17/h6-13H,4-5H2,1-3H3,(H,25,26). The Morgan fingerprint density at radius 1 is 1.00 bits per heavy atom. The van der Waals surface area contributed by atoms with Crippen molar-refractivity contribution in [3.8, 4) is 11.6 Å². The van der Waals surface area contributed by atoms with Crippen LogP contribution in [0.25, 0.3) is 0 Å². The molecule has 0 unspecified atom stereocenters. The minimum Gasteiger partial charge on any atom is -0.462 e. The summed E-state index contributed by atoms with van der Waals surface area (Å²) in [5.41, 5.74) is 0.834. The lowest BCUT2D eigenvalue weighted by Gasteiger charge is -2.09. The Kier molecular flexibility index (Phi) is 7.56. The van der Waals surface area contributed by atoms with Crippen molar-refractivity contribution < 1.29 is 28.6 Å². The maximum atomic E-state index is 12.9. The molecule has 0 saturated heterocycles. The SMILES string of the molecule is CCOC(=O)c1sc(NC(=O)c2cccc(Oc3ccccn3)c2)c(C(=O)OCC)c1C. The van der Waals surface area contributed by atoms with Crippen molar-refractivity contribution >= 4 is 34.2 Å². The number of esters is 2. The molecule has 3 rings (SSSR count). The molecule has 0 aliphatic rings. The Morgan fingerprint density at radius 3 is 2.44 bits per heavy atom. The first-order chi connectivity index (χ1) is 15.4. The van der Waals surface area contributed by atoms with Gasteiger partial charge in [-0.1, -0.05) is 12.1 Å². The first-order valence-corrected chi connectivity index (χ1v) is 10.7. The molecular formula is C23H22N2O6S. The summed E-state index contributed by atoms with van der Waals surface area (Å²) < 4.78 is 15.8. The number of pyridine rings is 1. The van der Waals surface area contributed by atoms with Gasteiger partial charge >= 0.3 is 11.9 Å². The fourth-order valence-corrected chi connectivity index (χ4v) is 3.93. The Labute approximate surface area is 189 Å². The number of carbonyl (C=O) groups excluding carboxylic acids is 3. The predicted octanol–water partition coefficient (Wildman–Crippen LogP) is 4.85. The van der Waals surface area contributed by atoms with Gasteiger partial charge in [-0.2, -0.15) is 0 Å². The molecule has 0 fully saturated rings. The number of ether oxygens (including phenoxy) is 3. The molecule has 2 heterocycles. The molecule has 3 aromatic rings. The third-order valence-corrected chi connectivity index (χ3v) is 5.46. The van der Waals surface area contributed by atoms with Crippen LogP contribution < -0.4 is 10.1 Å². The van der Waals surface area contributed by atoms with Crippen molar-refractivity contribution in [2.75, 3.05) is 18.5 Å². The summed E-state index contributed by atoms with van der Waals surface area (Å²) in [5.74, 6) is -0.844. The van der Waals surface area contributed by atoms with Crippen LogP contribution in [0.5, 0.6) is 11.6 Å². The highest BCUT2D eigenvalue weighted by Crippen LogP contribution is 2.35. The number of anilines is 1. The normalized spacial score (nSPS) is 10.3. The van der Waals surface area contributed by atoms with E-state index in [-0.39, 0.29) is 28.7 Å². The van der Waals surface area contributed by atoms with Crippen molar-refractivity contribution in [1.82, 2.24) is 4.98 Å². The minimum absolute atomic E-state index is 0.133. The Balaban J connectivity index is 1.88. The van der Waals surface area contributed by atoms with Gasteiger partial charge in [0.25, 0.3) is 5.91 Å². The predicted molar refractivity (Wildman–Crippen MR) is 120 cm³/mol. The monoisotopic (exact) mass is 454 g/mol. The van der Waals surface area contributed by atoms with Crippen LogP contribution in [0.3, 0.4) is 0 Å². The molecule has 0 radical (unpaired) electrons. The lowest BCUT2D eigenvalue weighted by molar-refractivity contribution is 0.0527. The molecule has 1 aromatic carbocycles. The molecule has 9 heteroatoms. The van der Waals surface area contributed by atoms with E-state index in [1.54, 1.807) is 69.4 Å². The van der Waals surface area contributed by atoms with Gasteiger partial charge in [0.2, 0.25) is 5.88 Å². The van der Waals surface area contributed by atoms with Crippen molar-refractivity contribution in [3.05, 3.63) is 70.2 Å². The maximum Gasteiger partial charge on any atom is 0.348 e. The van der Waals surface area contributed by atoms with Gasteiger partial charge in [0, 0.05) is 17.8 Å². The molecule has 0 spiro atoms. The molecule has 0 atom stereocenters. The van der Waals surface area contributed by atoms with Gasteiger partial charge in [-0.05, 0) is 50.6 Å². The summed E-state index contributed by atoms with van der Waals surface area (Å²) >= 11 is 0.970. The highest BCUT2D eigenvalue weighted by Gasteiger charge is 2.27. The number of nitrogens with zero attached hydrogens (tertiary/aromatic N) is 1. The summed E-state index contributed by atoms with van der Waals surface area (Å²) in [4.78, 5) is 42.0. The number of amides is 1. The van der Waals surface area contributed by atoms with Gasteiger partial charge in [0.05, 0.1) is 18.8 Å². The van der Waals surface area contributed by atoms with E-state index in [1.165, 1.54) is 0 Å². The second-order valence-electron chi connectivity index (χ2n) is 6.45. The third-order valence-electron chi connectivity index (χ3n) is 4.27. The third kappa shape index (κ3) is 5.30. The number of thiophene rings is 1. The largest absolute Gasteiger partial charge is 0.462 e. The van der Waals surface area contributed by atoms with Crippen molar-refractivity contribution in [3.63, 3.8) is 0 Å². The fraction of sp³-hybridized carbons (Fsp3) is 0.217. The van der Waals surface area contributed by atoms with E-state index in [2.05, 4.69) is 10.3 Å². The van der Waals surface area contributed by atoms with Crippen molar-refractivity contribution in [2.45, 2.75) is 20.8 Å². The Morgan fingerprint density at radius 2 is 1.75 bits per heavy atom. The average molecular weight is 455 g/mol. The Hall–Kier alpha value is -3.72. The van der Waals surface area contributed by atoms with Gasteiger partial charge in [0.1, 0.15) is 15.6 Å². The number of aromatic nitrogens is 1. The van der Waals surface area contributed by atoms with Gasteiger partial charge in [0.15, 0.2) is 0 Å². The topological polar surface area (TPSA) is 104 Å². The summed E-state index contributed by atoms with van der Waals surface area (Å²) in [6.45, 7) is 5.33. The van der Waals surface area contributed by atoms with E-state index in [0.717, 1.165) is 11.3 Å². The molecular weight excluding hydrogens is 432 g/mol. The zero-order valence-electron chi connectivity index (χ0n) is 17.8. The van der Waals surface area contributed by atoms with E-state index in [1.807, 2.05) is 0 Å². The number of nitrogens with one attached hydrogen (secondary N) is 1. The highest BCUT2D eigenvalue weighted by molar-refractivity contribution is 7.18. The zero-order chi connectivity index (χ0) is 23.1. The fourth-order valence-electron chi connectivity index (χ4n) is 2.85. The Bertz CT molecular complexity index is 1130. The highest BCUT2D eigenvalue weighted by atomic mass is 32.1. The van der Waals surface area contributed by atoms with Gasteiger partial charge in [-0.15, -0.1) is 11.3 Å². The number of carbonyl (C=O) groups is 3. The van der Waals surface area contributed by atoms with Crippen LogP contribution in [0.2, 0.25) is 0 Å². The van der Waals surface area contributed by atoms with Gasteiger partial charge < -0.3 is 19.5 Å². The number of benzene rings is 1. The van der Waals surface area contributed by atoms with Crippen LogP contribution in [0.4, 0.5) is 5.00 Å². The summed E-state index contributed by atoms with van der Waals surface area (Å²) in [5, 5.41) is 2.93. The number of hydrogen-bond donors (Lipinski definition) is 1. The minimum atomic E-state index is -0.626. The smallest absolute Gasteiger partial charge is 0.348 e. The first-order valence-electron chi connectivity index (χ1n) is 9.92. The van der Waals surface area contributed by atoms with E-state index >= 15 is 0 Å². The van der Waals surface area contributed by atoms with Crippen LogP contribution in [0.1, 0.15) is 49.8 Å². The van der Waals surface area contributed by atoms with Crippen LogP contribution in [0.15, 0.2) is 48.7 Å². The lowest BCUT2D eigenvalue weighted by Crippen LogP contribution is -2.15. The second-order valence-corrected chi connectivity index (χ2v) is 7.47. The first kappa shape index (κ1) is 23.0. The molecule has 0 saturated carbocycles. The van der Waals surface area contributed by atoms with Crippen LogP contribution in [-0.2, 0) is 9.47 Å². The molecule has 1 N–H and O–H groups in total. The molecule has 32 heavy (non-hydrogen) atoms. The quantitative estimate of drug-likeness (QED) is 0.485. The second kappa shape index (κ2) is 10.5. The molecule has 0 bridgehead atoms. The zero-order valence-corrected chi connectivity index (χ0v) is 18.7. The van der Waals surface area contributed by atoms with E-state index in [9.17, 15) is 14.4 Å². The number of hydrogen-bond acceptors (Lipinski definition) is 8. The number of rotatable bonds is 8. The molecule has 166 valence electrons. The maximum absolute atomic E-state index is 12.9.